The molecule has 7 nitrogen and oxygen atoms in total. The molecular weight excluding hydrogens is 471 g/mol. The highest BCUT2D eigenvalue weighted by molar-refractivity contribution is 14.0. The summed E-state index contributed by atoms with van der Waals surface area (Å²) in [5.74, 6) is 0.678. The largest absolute Gasteiger partial charge is 0.379 e. The lowest BCUT2D eigenvalue weighted by Crippen LogP contribution is -2.44. The Kier molecular flexibility index (Phi) is 12.8. The van der Waals surface area contributed by atoms with Crippen LogP contribution in [0.5, 0.6) is 0 Å². The quantitative estimate of drug-likeness (QED) is 0.221. The molecule has 1 unspecified atom stereocenters. The second kappa shape index (κ2) is 14.6. The van der Waals surface area contributed by atoms with E-state index in [-0.39, 0.29) is 42.5 Å². The van der Waals surface area contributed by atoms with Gasteiger partial charge in [0.1, 0.15) is 0 Å². The van der Waals surface area contributed by atoms with Gasteiger partial charge in [-0.15, -0.1) is 24.0 Å². The Morgan fingerprint density at radius 1 is 1.32 bits per heavy atom. The zero-order chi connectivity index (χ0) is 19.3. The summed E-state index contributed by atoms with van der Waals surface area (Å²) in [6.45, 7) is 6.43. The lowest BCUT2D eigenvalue weighted by molar-refractivity contribution is -0.130. The number of carbonyl (C=O) groups excluding carboxylic acids is 1. The normalized spacial score (nSPS) is 16.4. The standard InChI is InChI=1S/C20H32N4O3.HI/c1-3-24(15-17-8-5-4-6-9-17)19(25)14-23-20(21-2)22-11-7-12-27-18-10-13-26-16-18;/h4-6,8-9,18H,3,7,10-16H2,1-2H3,(H2,21,22,23);1H. The maximum absolute atomic E-state index is 12.5. The third-order valence-corrected chi connectivity index (χ3v) is 4.44. The van der Waals surface area contributed by atoms with Crippen molar-refractivity contribution in [2.75, 3.05) is 46.5 Å². The highest BCUT2D eigenvalue weighted by Crippen LogP contribution is 2.08. The molecule has 0 aliphatic carbocycles. The van der Waals surface area contributed by atoms with E-state index in [0.29, 0.717) is 32.3 Å². The number of halogens is 1. The van der Waals surface area contributed by atoms with Crippen LogP contribution in [0, 0.1) is 0 Å². The molecule has 1 aliphatic heterocycles. The van der Waals surface area contributed by atoms with E-state index in [4.69, 9.17) is 9.47 Å². The topological polar surface area (TPSA) is 75.2 Å². The fourth-order valence-electron chi connectivity index (χ4n) is 2.85. The van der Waals surface area contributed by atoms with Gasteiger partial charge in [-0.3, -0.25) is 9.79 Å². The molecule has 1 fully saturated rings. The van der Waals surface area contributed by atoms with E-state index < -0.39 is 0 Å². The minimum Gasteiger partial charge on any atom is -0.379 e. The lowest BCUT2D eigenvalue weighted by Gasteiger charge is -2.22. The van der Waals surface area contributed by atoms with E-state index in [0.717, 1.165) is 31.6 Å². The SMILES string of the molecule is CCN(Cc1ccccc1)C(=O)CNC(=NC)NCCCOC1CCOC1.I. The number of benzene rings is 1. The Balaban J connectivity index is 0.00000392. The number of aliphatic imine (C=N–C) groups is 1. The van der Waals surface area contributed by atoms with Crippen LogP contribution in [0.15, 0.2) is 35.3 Å². The third kappa shape index (κ3) is 9.20. The number of guanidine groups is 1. The van der Waals surface area contributed by atoms with Gasteiger partial charge in [0, 0.05) is 39.9 Å². The van der Waals surface area contributed by atoms with Crippen molar-refractivity contribution in [3.63, 3.8) is 0 Å². The van der Waals surface area contributed by atoms with E-state index in [2.05, 4.69) is 15.6 Å². The summed E-state index contributed by atoms with van der Waals surface area (Å²) in [5.41, 5.74) is 1.13. The van der Waals surface area contributed by atoms with Crippen molar-refractivity contribution >= 4 is 35.8 Å². The van der Waals surface area contributed by atoms with Crippen molar-refractivity contribution in [2.24, 2.45) is 4.99 Å². The number of hydrogen-bond acceptors (Lipinski definition) is 4. The van der Waals surface area contributed by atoms with Gasteiger partial charge in [-0.2, -0.15) is 0 Å². The summed E-state index contributed by atoms with van der Waals surface area (Å²) in [5, 5.41) is 6.30. The van der Waals surface area contributed by atoms with Gasteiger partial charge in [0.05, 0.1) is 19.3 Å². The van der Waals surface area contributed by atoms with Gasteiger partial charge in [0.15, 0.2) is 5.96 Å². The minimum atomic E-state index is 0. The Labute approximate surface area is 185 Å². The zero-order valence-corrected chi connectivity index (χ0v) is 19.2. The first-order chi connectivity index (χ1) is 13.2. The third-order valence-electron chi connectivity index (χ3n) is 4.44. The maximum Gasteiger partial charge on any atom is 0.242 e. The molecule has 0 bridgehead atoms. The van der Waals surface area contributed by atoms with Crippen LogP contribution in [0.4, 0.5) is 0 Å². The number of carbonyl (C=O) groups is 1. The van der Waals surface area contributed by atoms with Crippen LogP contribution in [0.25, 0.3) is 0 Å². The number of hydrogen-bond donors (Lipinski definition) is 2. The van der Waals surface area contributed by atoms with Gasteiger partial charge < -0.3 is 25.0 Å². The molecule has 1 aliphatic rings. The van der Waals surface area contributed by atoms with Crippen molar-refractivity contribution in [1.29, 1.82) is 0 Å². The Morgan fingerprint density at radius 2 is 2.11 bits per heavy atom. The second-order valence-corrected chi connectivity index (χ2v) is 6.46. The average molecular weight is 504 g/mol. The molecule has 1 aromatic rings. The molecule has 28 heavy (non-hydrogen) atoms. The molecule has 1 heterocycles. The van der Waals surface area contributed by atoms with E-state index in [1.807, 2.05) is 42.2 Å². The second-order valence-electron chi connectivity index (χ2n) is 6.46. The monoisotopic (exact) mass is 504 g/mol. The molecule has 2 N–H and O–H groups in total. The van der Waals surface area contributed by atoms with Crippen molar-refractivity contribution in [2.45, 2.75) is 32.4 Å². The number of nitrogens with zero attached hydrogens (tertiary/aromatic N) is 2. The van der Waals surface area contributed by atoms with Gasteiger partial charge in [0.2, 0.25) is 5.91 Å². The van der Waals surface area contributed by atoms with Crippen LogP contribution in [0.2, 0.25) is 0 Å². The zero-order valence-electron chi connectivity index (χ0n) is 16.9. The molecule has 158 valence electrons. The van der Waals surface area contributed by atoms with Crippen molar-refractivity contribution in [3.05, 3.63) is 35.9 Å². The minimum absolute atomic E-state index is 0. The molecule has 8 heteroatoms. The van der Waals surface area contributed by atoms with Crippen molar-refractivity contribution in [3.8, 4) is 0 Å². The lowest BCUT2D eigenvalue weighted by atomic mass is 10.2. The maximum atomic E-state index is 12.5. The molecule has 1 aromatic carbocycles. The first-order valence-electron chi connectivity index (χ1n) is 9.68. The van der Waals surface area contributed by atoms with Crippen LogP contribution in [-0.4, -0.2) is 69.4 Å². The van der Waals surface area contributed by atoms with Crippen LogP contribution < -0.4 is 10.6 Å². The molecule has 1 amide bonds. The van der Waals surface area contributed by atoms with Gasteiger partial charge >= 0.3 is 0 Å². The first-order valence-corrected chi connectivity index (χ1v) is 9.68. The summed E-state index contributed by atoms with van der Waals surface area (Å²) < 4.78 is 11.0. The number of likely N-dealkylation sites (N-methyl/N-ethyl adjacent to an activating group) is 1. The van der Waals surface area contributed by atoms with E-state index in [1.165, 1.54) is 0 Å². The molecular formula is C20H33IN4O3. The summed E-state index contributed by atoms with van der Waals surface area (Å²) in [4.78, 5) is 18.5. The molecule has 0 spiro atoms. The van der Waals surface area contributed by atoms with Gasteiger partial charge in [-0.25, -0.2) is 0 Å². The van der Waals surface area contributed by atoms with E-state index >= 15 is 0 Å². The van der Waals surface area contributed by atoms with Crippen LogP contribution >= 0.6 is 24.0 Å². The summed E-state index contributed by atoms with van der Waals surface area (Å²) in [7, 11) is 1.70. The number of nitrogens with one attached hydrogen (secondary N) is 2. The van der Waals surface area contributed by atoms with E-state index in [1.54, 1.807) is 7.05 Å². The van der Waals surface area contributed by atoms with Crippen LogP contribution in [0.1, 0.15) is 25.3 Å². The number of rotatable bonds is 10. The molecule has 0 aromatic heterocycles. The number of amides is 1. The van der Waals surface area contributed by atoms with Gasteiger partial charge in [-0.1, -0.05) is 30.3 Å². The highest BCUT2D eigenvalue weighted by Gasteiger charge is 2.15. The first kappa shape index (κ1) is 24.6. The number of ether oxygens (including phenoxy) is 2. The van der Waals surface area contributed by atoms with Crippen molar-refractivity contribution < 1.29 is 14.3 Å². The van der Waals surface area contributed by atoms with Gasteiger partial charge in [-0.05, 0) is 25.3 Å². The summed E-state index contributed by atoms with van der Waals surface area (Å²) >= 11 is 0. The van der Waals surface area contributed by atoms with Gasteiger partial charge in [0.25, 0.3) is 0 Å². The van der Waals surface area contributed by atoms with Crippen molar-refractivity contribution in [1.82, 2.24) is 15.5 Å². The molecule has 2 rings (SSSR count). The van der Waals surface area contributed by atoms with E-state index in [9.17, 15) is 4.79 Å². The Hall–Kier alpha value is -1.39. The smallest absolute Gasteiger partial charge is 0.242 e. The molecule has 0 saturated carbocycles. The fraction of sp³-hybridized carbons (Fsp3) is 0.600. The molecule has 1 atom stereocenters. The summed E-state index contributed by atoms with van der Waals surface area (Å²) in [6, 6.07) is 10.0. The molecule has 1 saturated heterocycles. The predicted octanol–water partition coefficient (Wildman–Crippen LogP) is 2.01. The highest BCUT2D eigenvalue weighted by atomic mass is 127. The fourth-order valence-corrected chi connectivity index (χ4v) is 2.85. The summed E-state index contributed by atoms with van der Waals surface area (Å²) in [6.07, 6.45) is 2.10. The Bertz CT molecular complexity index is 580. The average Bonchev–Trinajstić information content (AvgIpc) is 3.22. The van der Waals surface area contributed by atoms with Crippen LogP contribution in [-0.2, 0) is 20.8 Å². The molecule has 0 radical (unpaired) electrons. The Morgan fingerprint density at radius 3 is 2.75 bits per heavy atom. The van der Waals surface area contributed by atoms with Crippen LogP contribution in [0.3, 0.4) is 0 Å². The predicted molar refractivity (Wildman–Crippen MR) is 122 cm³/mol.